The normalized spacial score (nSPS) is 15.3. The number of hydrogen-bond acceptors (Lipinski definition) is 3. The summed E-state index contributed by atoms with van der Waals surface area (Å²) in [6, 6.07) is 8.49. The summed E-state index contributed by atoms with van der Waals surface area (Å²) in [5.41, 5.74) is 2.06. The molecule has 1 aliphatic rings. The van der Waals surface area contributed by atoms with E-state index < -0.39 is 0 Å². The van der Waals surface area contributed by atoms with Gasteiger partial charge in [-0.2, -0.15) is 0 Å². The third-order valence-corrected chi connectivity index (χ3v) is 4.23. The fraction of sp³-hybridized carbons (Fsp3) is 0.588. The van der Waals surface area contributed by atoms with Crippen molar-refractivity contribution in [3.8, 4) is 0 Å². The Hall–Kier alpha value is -1.19. The molecular formula is C17H25NO2. The third-order valence-electron chi connectivity index (χ3n) is 4.23. The highest BCUT2D eigenvalue weighted by molar-refractivity contribution is 5.97. The van der Waals surface area contributed by atoms with Crippen molar-refractivity contribution < 1.29 is 9.90 Å². The van der Waals surface area contributed by atoms with E-state index >= 15 is 0 Å². The minimum atomic E-state index is 0.192. The minimum absolute atomic E-state index is 0.192. The van der Waals surface area contributed by atoms with Crippen molar-refractivity contribution in [2.45, 2.75) is 45.1 Å². The van der Waals surface area contributed by atoms with Crippen LogP contribution in [0.4, 0.5) is 0 Å². The highest BCUT2D eigenvalue weighted by Gasteiger charge is 2.26. The zero-order chi connectivity index (χ0) is 14.4. The van der Waals surface area contributed by atoms with Gasteiger partial charge in [0.15, 0.2) is 5.78 Å². The summed E-state index contributed by atoms with van der Waals surface area (Å²) in [7, 11) is 0. The first-order valence-corrected chi connectivity index (χ1v) is 7.71. The molecule has 0 amide bonds. The Labute approximate surface area is 121 Å². The van der Waals surface area contributed by atoms with Crippen molar-refractivity contribution in [3.63, 3.8) is 0 Å². The Kier molecular flexibility index (Phi) is 5.74. The standard InChI is InChI=1S/C17H25NO2/c1-2-14-7-9-15(10-8-14)17(20)13-18(11-4-12-19)16-5-3-6-16/h7-10,16,19H,2-6,11-13H2,1H3. The number of hydrogen-bond donors (Lipinski definition) is 1. The van der Waals surface area contributed by atoms with E-state index in [-0.39, 0.29) is 12.4 Å². The summed E-state index contributed by atoms with van der Waals surface area (Å²) in [6.07, 6.45) is 5.39. The van der Waals surface area contributed by atoms with Crippen LogP contribution in [0.15, 0.2) is 24.3 Å². The smallest absolute Gasteiger partial charge is 0.176 e. The predicted octanol–water partition coefficient (Wildman–Crippen LogP) is 2.67. The molecule has 20 heavy (non-hydrogen) atoms. The molecule has 1 fully saturated rings. The zero-order valence-electron chi connectivity index (χ0n) is 12.3. The van der Waals surface area contributed by atoms with Crippen molar-refractivity contribution in [3.05, 3.63) is 35.4 Å². The second-order valence-corrected chi connectivity index (χ2v) is 5.61. The number of Topliss-reactive ketones (excluding diaryl/α,β-unsaturated/α-hetero) is 1. The van der Waals surface area contributed by atoms with Crippen LogP contribution in [0.5, 0.6) is 0 Å². The average molecular weight is 275 g/mol. The Bertz CT molecular complexity index is 423. The van der Waals surface area contributed by atoms with Gasteiger partial charge in [0.1, 0.15) is 0 Å². The number of carbonyl (C=O) groups excluding carboxylic acids is 1. The SMILES string of the molecule is CCc1ccc(C(=O)CN(CCCO)C2CCC2)cc1. The van der Waals surface area contributed by atoms with E-state index in [0.29, 0.717) is 12.6 Å². The summed E-state index contributed by atoms with van der Waals surface area (Å²) in [4.78, 5) is 14.6. The van der Waals surface area contributed by atoms with Gasteiger partial charge in [-0.15, -0.1) is 0 Å². The molecule has 0 bridgehead atoms. The first kappa shape index (κ1) is 15.2. The second kappa shape index (κ2) is 7.55. The summed E-state index contributed by atoms with van der Waals surface area (Å²) in [5.74, 6) is 0.192. The van der Waals surface area contributed by atoms with Crippen LogP contribution in [-0.4, -0.2) is 41.5 Å². The number of rotatable bonds is 8. The second-order valence-electron chi connectivity index (χ2n) is 5.61. The Balaban J connectivity index is 1.95. The summed E-state index contributed by atoms with van der Waals surface area (Å²) < 4.78 is 0. The van der Waals surface area contributed by atoms with Crippen LogP contribution in [0.1, 0.15) is 48.5 Å². The maximum Gasteiger partial charge on any atom is 0.176 e. The molecule has 1 saturated carbocycles. The minimum Gasteiger partial charge on any atom is -0.396 e. The van der Waals surface area contributed by atoms with Crippen molar-refractivity contribution in [1.82, 2.24) is 4.90 Å². The summed E-state index contributed by atoms with van der Waals surface area (Å²) in [5, 5.41) is 8.98. The average Bonchev–Trinajstić information content (AvgIpc) is 2.42. The molecule has 110 valence electrons. The first-order valence-electron chi connectivity index (χ1n) is 7.71. The van der Waals surface area contributed by atoms with Gasteiger partial charge in [-0.05, 0) is 31.2 Å². The summed E-state index contributed by atoms with van der Waals surface area (Å²) in [6.45, 7) is 3.61. The molecule has 1 aromatic carbocycles. The van der Waals surface area contributed by atoms with E-state index in [1.54, 1.807) is 0 Å². The van der Waals surface area contributed by atoms with Gasteiger partial charge in [-0.25, -0.2) is 0 Å². The third kappa shape index (κ3) is 3.90. The zero-order valence-corrected chi connectivity index (χ0v) is 12.3. The molecule has 1 aliphatic carbocycles. The topological polar surface area (TPSA) is 40.5 Å². The van der Waals surface area contributed by atoms with Crippen LogP contribution in [-0.2, 0) is 6.42 Å². The Morgan fingerprint density at radius 1 is 1.30 bits per heavy atom. The Morgan fingerprint density at radius 2 is 2.00 bits per heavy atom. The lowest BCUT2D eigenvalue weighted by molar-refractivity contribution is 0.0788. The molecule has 1 aromatic rings. The molecule has 0 unspecified atom stereocenters. The summed E-state index contributed by atoms with van der Waals surface area (Å²) >= 11 is 0. The van der Waals surface area contributed by atoms with E-state index in [9.17, 15) is 4.79 Å². The van der Waals surface area contributed by atoms with E-state index in [1.165, 1.54) is 24.8 Å². The highest BCUT2D eigenvalue weighted by atomic mass is 16.3. The fourth-order valence-electron chi connectivity index (χ4n) is 2.62. The van der Waals surface area contributed by atoms with Crippen LogP contribution >= 0.6 is 0 Å². The number of nitrogens with zero attached hydrogens (tertiary/aromatic N) is 1. The van der Waals surface area contributed by atoms with E-state index in [1.807, 2.05) is 24.3 Å². The van der Waals surface area contributed by atoms with E-state index in [2.05, 4.69) is 11.8 Å². The molecule has 0 aromatic heterocycles. The molecule has 0 aliphatic heterocycles. The van der Waals surface area contributed by atoms with Gasteiger partial charge in [0.05, 0.1) is 6.54 Å². The maximum absolute atomic E-state index is 12.4. The van der Waals surface area contributed by atoms with Crippen LogP contribution in [0.25, 0.3) is 0 Å². The lowest BCUT2D eigenvalue weighted by Crippen LogP contribution is -2.43. The first-order chi connectivity index (χ1) is 9.74. The predicted molar refractivity (Wildman–Crippen MR) is 81.1 cm³/mol. The molecule has 3 nitrogen and oxygen atoms in total. The molecular weight excluding hydrogens is 250 g/mol. The van der Waals surface area contributed by atoms with Gasteiger partial charge in [0.25, 0.3) is 0 Å². The van der Waals surface area contributed by atoms with Gasteiger partial charge in [0, 0.05) is 24.8 Å². The molecule has 0 atom stereocenters. The number of carbonyl (C=O) groups is 1. The van der Waals surface area contributed by atoms with Crippen molar-refractivity contribution >= 4 is 5.78 Å². The molecule has 3 heteroatoms. The lowest BCUT2D eigenvalue weighted by atomic mass is 9.91. The highest BCUT2D eigenvalue weighted by Crippen LogP contribution is 2.25. The fourth-order valence-corrected chi connectivity index (χ4v) is 2.62. The molecule has 2 rings (SSSR count). The monoisotopic (exact) mass is 275 g/mol. The number of aryl methyl sites for hydroxylation is 1. The molecule has 0 saturated heterocycles. The molecule has 0 radical (unpaired) electrons. The van der Waals surface area contributed by atoms with Gasteiger partial charge in [-0.3, -0.25) is 9.69 Å². The number of ketones is 1. The van der Waals surface area contributed by atoms with Crippen molar-refractivity contribution in [1.29, 1.82) is 0 Å². The molecule has 0 heterocycles. The quantitative estimate of drug-likeness (QED) is 0.742. The van der Waals surface area contributed by atoms with Gasteiger partial charge < -0.3 is 5.11 Å². The van der Waals surface area contributed by atoms with Crippen LogP contribution in [0.2, 0.25) is 0 Å². The molecule has 0 spiro atoms. The van der Waals surface area contributed by atoms with Crippen LogP contribution < -0.4 is 0 Å². The van der Waals surface area contributed by atoms with Gasteiger partial charge in [0.2, 0.25) is 0 Å². The van der Waals surface area contributed by atoms with Crippen LogP contribution in [0, 0.1) is 0 Å². The number of benzene rings is 1. The molecule has 1 N–H and O–H groups in total. The van der Waals surface area contributed by atoms with Crippen molar-refractivity contribution in [2.75, 3.05) is 19.7 Å². The Morgan fingerprint density at radius 3 is 2.50 bits per heavy atom. The largest absolute Gasteiger partial charge is 0.396 e. The lowest BCUT2D eigenvalue weighted by Gasteiger charge is -2.37. The van der Waals surface area contributed by atoms with E-state index in [4.69, 9.17) is 5.11 Å². The van der Waals surface area contributed by atoms with Crippen molar-refractivity contribution in [2.24, 2.45) is 0 Å². The number of aliphatic hydroxyl groups is 1. The van der Waals surface area contributed by atoms with Gasteiger partial charge >= 0.3 is 0 Å². The van der Waals surface area contributed by atoms with E-state index in [0.717, 1.165) is 24.9 Å². The van der Waals surface area contributed by atoms with Crippen LogP contribution in [0.3, 0.4) is 0 Å². The van der Waals surface area contributed by atoms with Gasteiger partial charge in [-0.1, -0.05) is 37.6 Å². The number of aliphatic hydroxyl groups excluding tert-OH is 1. The maximum atomic E-state index is 12.4.